The molecule has 0 saturated heterocycles. The molecule has 1 amide bonds. The van der Waals surface area contributed by atoms with Crippen molar-refractivity contribution in [1.29, 1.82) is 0 Å². The molecule has 5 heteroatoms. The second kappa shape index (κ2) is 9.21. The van der Waals surface area contributed by atoms with Crippen LogP contribution in [0.15, 0.2) is 71.8 Å². The first-order valence-electron chi connectivity index (χ1n) is 10.2. The van der Waals surface area contributed by atoms with E-state index in [4.69, 9.17) is 11.6 Å². The second-order valence-electron chi connectivity index (χ2n) is 7.87. The lowest BCUT2D eigenvalue weighted by atomic mass is 10.1. The number of carbonyl (C=O) groups is 1. The number of aromatic nitrogens is 1. The average molecular weight is 449 g/mol. The van der Waals surface area contributed by atoms with E-state index >= 15 is 0 Å². The maximum atomic E-state index is 12.5. The van der Waals surface area contributed by atoms with Gasteiger partial charge in [-0.05, 0) is 55.7 Å². The number of fused-ring (bicyclic) bond motifs is 1. The van der Waals surface area contributed by atoms with Gasteiger partial charge in [-0.15, -0.1) is 11.8 Å². The van der Waals surface area contributed by atoms with Crippen molar-refractivity contribution in [3.63, 3.8) is 0 Å². The maximum absolute atomic E-state index is 12.5. The van der Waals surface area contributed by atoms with E-state index in [1.54, 1.807) is 17.8 Å². The molecule has 0 radical (unpaired) electrons. The summed E-state index contributed by atoms with van der Waals surface area (Å²) in [6.07, 6.45) is 2.16. The monoisotopic (exact) mass is 448 g/mol. The number of amides is 1. The van der Waals surface area contributed by atoms with Crippen LogP contribution in [-0.4, -0.2) is 16.2 Å². The van der Waals surface area contributed by atoms with Crippen LogP contribution in [0, 0.1) is 20.8 Å². The summed E-state index contributed by atoms with van der Waals surface area (Å²) in [5, 5.41) is 4.76. The minimum atomic E-state index is -0.0451. The van der Waals surface area contributed by atoms with Crippen molar-refractivity contribution < 1.29 is 4.79 Å². The van der Waals surface area contributed by atoms with Gasteiger partial charge >= 0.3 is 0 Å². The molecule has 4 rings (SSSR count). The van der Waals surface area contributed by atoms with Gasteiger partial charge in [-0.3, -0.25) is 4.79 Å². The molecule has 1 heterocycles. The number of para-hydroxylation sites is 1. The smallest absolute Gasteiger partial charge is 0.234 e. The lowest BCUT2D eigenvalue weighted by Gasteiger charge is -2.09. The first-order valence-corrected chi connectivity index (χ1v) is 11.6. The van der Waals surface area contributed by atoms with Gasteiger partial charge in [-0.1, -0.05) is 59.6 Å². The fourth-order valence-electron chi connectivity index (χ4n) is 3.62. The predicted molar refractivity (Wildman–Crippen MR) is 132 cm³/mol. The molecule has 0 saturated carbocycles. The minimum absolute atomic E-state index is 0.0451. The third kappa shape index (κ3) is 4.97. The van der Waals surface area contributed by atoms with E-state index in [-0.39, 0.29) is 5.91 Å². The Morgan fingerprint density at radius 2 is 1.77 bits per heavy atom. The number of nitrogens with one attached hydrogen (secondary N) is 1. The van der Waals surface area contributed by atoms with E-state index in [0.29, 0.717) is 10.8 Å². The highest BCUT2D eigenvalue weighted by molar-refractivity contribution is 8.00. The lowest BCUT2D eigenvalue weighted by molar-refractivity contribution is -0.113. The van der Waals surface area contributed by atoms with Crippen molar-refractivity contribution in [2.24, 2.45) is 0 Å². The zero-order valence-corrected chi connectivity index (χ0v) is 19.5. The molecule has 1 N–H and O–H groups in total. The van der Waals surface area contributed by atoms with Gasteiger partial charge in [0.25, 0.3) is 0 Å². The highest BCUT2D eigenvalue weighted by Crippen LogP contribution is 2.31. The van der Waals surface area contributed by atoms with Crippen LogP contribution >= 0.6 is 23.4 Å². The van der Waals surface area contributed by atoms with Crippen LogP contribution in [0.2, 0.25) is 5.02 Å². The number of thioether (sulfide) groups is 1. The summed E-state index contributed by atoms with van der Waals surface area (Å²) < 4.78 is 2.27. The standard InChI is InChI=1S/C26H25ClN2OS/c1-17-8-9-18(2)20(12-17)14-29-15-25(22-6-4-5-7-24(22)29)31-16-26(30)28-21-11-10-19(3)23(27)13-21/h4-13,15H,14,16H2,1-3H3,(H,28,30). The van der Waals surface area contributed by atoms with Crippen molar-refractivity contribution in [1.82, 2.24) is 4.57 Å². The number of aryl methyl sites for hydroxylation is 3. The Morgan fingerprint density at radius 1 is 1.00 bits per heavy atom. The van der Waals surface area contributed by atoms with Gasteiger partial charge in [0.05, 0.1) is 5.75 Å². The lowest BCUT2D eigenvalue weighted by Crippen LogP contribution is -2.13. The van der Waals surface area contributed by atoms with Crippen LogP contribution in [0.1, 0.15) is 22.3 Å². The molecule has 1 aromatic heterocycles. The first-order chi connectivity index (χ1) is 14.9. The third-order valence-electron chi connectivity index (χ3n) is 5.41. The van der Waals surface area contributed by atoms with Crippen molar-refractivity contribution in [3.05, 3.63) is 94.1 Å². The first kappa shape index (κ1) is 21.5. The third-order valence-corrected chi connectivity index (χ3v) is 6.86. The van der Waals surface area contributed by atoms with Crippen molar-refractivity contribution in [3.8, 4) is 0 Å². The van der Waals surface area contributed by atoms with Crippen LogP contribution in [0.3, 0.4) is 0 Å². The summed E-state index contributed by atoms with van der Waals surface area (Å²) in [6.45, 7) is 7.02. The largest absolute Gasteiger partial charge is 0.342 e. The Kier molecular flexibility index (Phi) is 6.40. The van der Waals surface area contributed by atoms with E-state index in [9.17, 15) is 4.79 Å². The summed E-state index contributed by atoms with van der Waals surface area (Å²) in [4.78, 5) is 13.6. The minimum Gasteiger partial charge on any atom is -0.342 e. The van der Waals surface area contributed by atoms with Gasteiger partial charge < -0.3 is 9.88 Å². The van der Waals surface area contributed by atoms with E-state index in [1.165, 1.54) is 27.6 Å². The molecular formula is C26H25ClN2OS. The Labute approximate surface area is 192 Å². The fourth-order valence-corrected chi connectivity index (χ4v) is 4.69. The van der Waals surface area contributed by atoms with Crippen molar-refractivity contribution in [2.45, 2.75) is 32.2 Å². The molecule has 0 aliphatic heterocycles. The van der Waals surface area contributed by atoms with Crippen LogP contribution in [0.25, 0.3) is 10.9 Å². The summed E-state index contributed by atoms with van der Waals surface area (Å²) in [5.74, 6) is 0.291. The Morgan fingerprint density at radius 3 is 2.58 bits per heavy atom. The molecule has 0 bridgehead atoms. The molecule has 0 unspecified atom stereocenters. The highest BCUT2D eigenvalue weighted by Gasteiger charge is 2.12. The van der Waals surface area contributed by atoms with Gasteiger partial charge in [-0.2, -0.15) is 0 Å². The molecule has 158 valence electrons. The Balaban J connectivity index is 1.52. The van der Waals surface area contributed by atoms with Gasteiger partial charge in [0.1, 0.15) is 0 Å². The van der Waals surface area contributed by atoms with Gasteiger partial charge in [0, 0.05) is 39.3 Å². The number of anilines is 1. The Hall–Kier alpha value is -2.69. The summed E-state index contributed by atoms with van der Waals surface area (Å²) in [5.41, 5.74) is 6.75. The van der Waals surface area contributed by atoms with Crippen molar-refractivity contribution >= 4 is 45.9 Å². The number of benzene rings is 3. The SMILES string of the molecule is Cc1ccc(C)c(Cn2cc(SCC(=O)Nc3ccc(C)c(Cl)c3)c3ccccc32)c1. The van der Waals surface area contributed by atoms with E-state index in [2.05, 4.69) is 66.3 Å². The zero-order valence-electron chi connectivity index (χ0n) is 17.9. The van der Waals surface area contributed by atoms with Gasteiger partial charge in [-0.25, -0.2) is 0 Å². The normalized spacial score (nSPS) is 11.1. The van der Waals surface area contributed by atoms with Crippen LogP contribution < -0.4 is 5.32 Å². The summed E-state index contributed by atoms with van der Waals surface area (Å²) >= 11 is 7.72. The zero-order chi connectivity index (χ0) is 22.0. The number of rotatable bonds is 6. The number of hydrogen-bond donors (Lipinski definition) is 1. The summed E-state index contributed by atoms with van der Waals surface area (Å²) in [7, 11) is 0. The topological polar surface area (TPSA) is 34.0 Å². The average Bonchev–Trinajstić information content (AvgIpc) is 3.10. The number of nitrogens with zero attached hydrogens (tertiary/aromatic N) is 1. The molecule has 0 fully saturated rings. The number of carbonyl (C=O) groups excluding carboxylic acids is 1. The predicted octanol–water partition coefficient (Wildman–Crippen LogP) is 7.00. The number of hydrogen-bond acceptors (Lipinski definition) is 2. The van der Waals surface area contributed by atoms with E-state index in [0.717, 1.165) is 22.7 Å². The summed E-state index contributed by atoms with van der Waals surface area (Å²) in [6, 6.07) is 20.5. The van der Waals surface area contributed by atoms with Crippen LogP contribution in [-0.2, 0) is 11.3 Å². The van der Waals surface area contributed by atoms with Gasteiger partial charge in [0.2, 0.25) is 5.91 Å². The fraction of sp³-hybridized carbons (Fsp3) is 0.192. The molecule has 4 aromatic rings. The molecule has 0 aliphatic carbocycles. The van der Waals surface area contributed by atoms with Gasteiger partial charge in [0.15, 0.2) is 0 Å². The van der Waals surface area contributed by atoms with Crippen LogP contribution in [0.4, 0.5) is 5.69 Å². The number of halogens is 1. The van der Waals surface area contributed by atoms with E-state index < -0.39 is 0 Å². The molecular weight excluding hydrogens is 424 g/mol. The van der Waals surface area contributed by atoms with E-state index in [1.807, 2.05) is 25.1 Å². The molecule has 0 aliphatic rings. The molecule has 3 nitrogen and oxygen atoms in total. The quantitative estimate of drug-likeness (QED) is 0.322. The van der Waals surface area contributed by atoms with Crippen molar-refractivity contribution in [2.75, 3.05) is 11.1 Å². The Bertz CT molecular complexity index is 1260. The highest BCUT2D eigenvalue weighted by atomic mass is 35.5. The molecule has 0 spiro atoms. The molecule has 3 aromatic carbocycles. The molecule has 31 heavy (non-hydrogen) atoms. The maximum Gasteiger partial charge on any atom is 0.234 e. The second-order valence-corrected chi connectivity index (χ2v) is 9.29. The molecule has 0 atom stereocenters. The van der Waals surface area contributed by atoms with Crippen LogP contribution in [0.5, 0.6) is 0 Å².